The number of ether oxygens (including phenoxy) is 1. The summed E-state index contributed by atoms with van der Waals surface area (Å²) in [5.41, 5.74) is 1.88. The molecule has 0 spiro atoms. The van der Waals surface area contributed by atoms with Gasteiger partial charge in [-0.3, -0.25) is 14.7 Å². The number of morpholine rings is 1. The smallest absolute Gasteiger partial charge is 0.221 e. The molecular formula is C20H34IN5O2. The molecule has 1 heterocycles. The van der Waals surface area contributed by atoms with Crippen LogP contribution in [-0.4, -0.2) is 62.7 Å². The first-order valence-corrected chi connectivity index (χ1v) is 9.62. The van der Waals surface area contributed by atoms with Gasteiger partial charge in [-0.2, -0.15) is 0 Å². The molecule has 1 aromatic carbocycles. The van der Waals surface area contributed by atoms with Crippen molar-refractivity contribution in [2.75, 3.05) is 45.2 Å². The maximum atomic E-state index is 11.2. The number of nitrogens with one attached hydrogen (secondary N) is 3. The normalized spacial score (nSPS) is 16.2. The van der Waals surface area contributed by atoms with E-state index in [2.05, 4.69) is 39.7 Å². The number of benzene rings is 1. The molecule has 28 heavy (non-hydrogen) atoms. The van der Waals surface area contributed by atoms with Crippen LogP contribution < -0.4 is 16.0 Å². The van der Waals surface area contributed by atoms with Crippen LogP contribution in [0.15, 0.2) is 29.3 Å². The van der Waals surface area contributed by atoms with Gasteiger partial charge in [-0.15, -0.1) is 24.0 Å². The molecule has 8 heteroatoms. The highest BCUT2D eigenvalue weighted by Gasteiger charge is 2.23. The lowest BCUT2D eigenvalue weighted by Gasteiger charge is -2.37. The number of nitrogens with zero attached hydrogens (tertiary/aromatic N) is 2. The quantitative estimate of drug-likeness (QED) is 0.303. The summed E-state index contributed by atoms with van der Waals surface area (Å²) in [4.78, 5) is 18.0. The molecule has 0 aliphatic carbocycles. The Balaban J connectivity index is 0.00000392. The fraction of sp³-hybridized carbons (Fsp3) is 0.600. The Morgan fingerprint density at radius 3 is 2.57 bits per heavy atom. The first-order chi connectivity index (χ1) is 13.0. The molecule has 1 aromatic rings. The number of rotatable bonds is 7. The fourth-order valence-electron chi connectivity index (χ4n) is 3.27. The van der Waals surface area contributed by atoms with Crippen LogP contribution in [0.25, 0.3) is 0 Å². The van der Waals surface area contributed by atoms with Gasteiger partial charge in [0.1, 0.15) is 0 Å². The largest absolute Gasteiger partial charge is 0.379 e. The van der Waals surface area contributed by atoms with Gasteiger partial charge in [-0.25, -0.2) is 0 Å². The number of hydrogen-bond donors (Lipinski definition) is 3. The van der Waals surface area contributed by atoms with Crippen molar-refractivity contribution in [2.24, 2.45) is 10.9 Å². The minimum atomic E-state index is -0.0691. The van der Waals surface area contributed by atoms with Gasteiger partial charge >= 0.3 is 0 Å². The SMILES string of the molecule is CN=C(NCc1cccc(NC(C)=O)c1)NCC(C(C)C)N1CCOCC1.I. The molecule has 158 valence electrons. The molecular weight excluding hydrogens is 469 g/mol. The molecule has 1 aliphatic rings. The van der Waals surface area contributed by atoms with Crippen LogP contribution in [0.4, 0.5) is 5.69 Å². The second kappa shape index (κ2) is 12.9. The van der Waals surface area contributed by atoms with Crippen LogP contribution in [0.3, 0.4) is 0 Å². The molecule has 0 radical (unpaired) electrons. The summed E-state index contributed by atoms with van der Waals surface area (Å²) < 4.78 is 5.47. The standard InChI is InChI=1S/C20H33N5O2.HI/c1-15(2)19(25-8-10-27-11-9-25)14-23-20(21-4)22-13-17-6-5-7-18(12-17)24-16(3)26;/h5-7,12,15,19H,8-11,13-14H2,1-4H3,(H,24,26)(H2,21,22,23);1H. The second-order valence-corrected chi connectivity index (χ2v) is 7.15. The Morgan fingerprint density at radius 1 is 1.25 bits per heavy atom. The summed E-state index contributed by atoms with van der Waals surface area (Å²) in [6, 6.07) is 8.25. The number of anilines is 1. The van der Waals surface area contributed by atoms with E-state index in [0.717, 1.165) is 50.1 Å². The molecule has 7 nitrogen and oxygen atoms in total. The van der Waals surface area contributed by atoms with Gasteiger partial charge in [0.2, 0.25) is 5.91 Å². The van der Waals surface area contributed by atoms with E-state index in [0.29, 0.717) is 18.5 Å². The summed E-state index contributed by atoms with van der Waals surface area (Å²) in [6.07, 6.45) is 0. The van der Waals surface area contributed by atoms with Gasteiger partial charge in [0, 0.05) is 51.9 Å². The predicted octanol–water partition coefficient (Wildman–Crippen LogP) is 2.28. The number of guanidine groups is 1. The Morgan fingerprint density at radius 2 is 1.96 bits per heavy atom. The molecule has 1 saturated heterocycles. The average molecular weight is 503 g/mol. The Hall–Kier alpha value is -1.39. The van der Waals surface area contributed by atoms with Gasteiger partial charge < -0.3 is 20.7 Å². The van der Waals surface area contributed by atoms with Crippen LogP contribution in [0, 0.1) is 5.92 Å². The summed E-state index contributed by atoms with van der Waals surface area (Å²) in [7, 11) is 1.78. The minimum Gasteiger partial charge on any atom is -0.379 e. The average Bonchev–Trinajstić information content (AvgIpc) is 2.65. The molecule has 1 aliphatic heterocycles. The van der Waals surface area contributed by atoms with E-state index in [-0.39, 0.29) is 29.9 Å². The third-order valence-electron chi connectivity index (χ3n) is 4.69. The maximum absolute atomic E-state index is 11.2. The van der Waals surface area contributed by atoms with E-state index in [1.165, 1.54) is 6.92 Å². The first kappa shape index (κ1) is 24.6. The lowest BCUT2D eigenvalue weighted by Crippen LogP contribution is -2.52. The van der Waals surface area contributed by atoms with Gasteiger partial charge in [0.25, 0.3) is 0 Å². The van der Waals surface area contributed by atoms with Crippen molar-refractivity contribution in [3.63, 3.8) is 0 Å². The Bertz CT molecular complexity index is 633. The zero-order chi connectivity index (χ0) is 19.6. The first-order valence-electron chi connectivity index (χ1n) is 9.62. The summed E-state index contributed by atoms with van der Waals surface area (Å²) in [6.45, 7) is 11.1. The monoisotopic (exact) mass is 503 g/mol. The molecule has 0 saturated carbocycles. The van der Waals surface area contributed by atoms with Crippen LogP contribution in [0.1, 0.15) is 26.3 Å². The van der Waals surface area contributed by atoms with Crippen LogP contribution in [0.2, 0.25) is 0 Å². The van der Waals surface area contributed by atoms with Crippen molar-refractivity contribution in [1.82, 2.24) is 15.5 Å². The Kier molecular flexibility index (Phi) is 11.4. The molecule has 1 fully saturated rings. The highest BCUT2D eigenvalue weighted by molar-refractivity contribution is 14.0. The summed E-state index contributed by atoms with van der Waals surface area (Å²) in [5, 5.41) is 9.61. The molecule has 0 aromatic heterocycles. The molecule has 1 atom stereocenters. The van der Waals surface area contributed by atoms with Crippen molar-refractivity contribution < 1.29 is 9.53 Å². The van der Waals surface area contributed by atoms with Crippen LogP contribution in [0.5, 0.6) is 0 Å². The maximum Gasteiger partial charge on any atom is 0.221 e. The summed E-state index contributed by atoms with van der Waals surface area (Å²) >= 11 is 0. The number of halogens is 1. The van der Waals surface area contributed by atoms with E-state index in [4.69, 9.17) is 4.74 Å². The highest BCUT2D eigenvalue weighted by Crippen LogP contribution is 2.12. The van der Waals surface area contributed by atoms with Crippen molar-refractivity contribution in [1.29, 1.82) is 0 Å². The van der Waals surface area contributed by atoms with Gasteiger partial charge in [-0.05, 0) is 23.6 Å². The van der Waals surface area contributed by atoms with E-state index in [1.54, 1.807) is 7.05 Å². The van der Waals surface area contributed by atoms with Crippen molar-refractivity contribution in [3.8, 4) is 0 Å². The zero-order valence-electron chi connectivity index (χ0n) is 17.3. The van der Waals surface area contributed by atoms with Crippen LogP contribution >= 0.6 is 24.0 Å². The fourth-order valence-corrected chi connectivity index (χ4v) is 3.27. The number of aliphatic imine (C=N–C) groups is 1. The molecule has 2 rings (SSSR count). The molecule has 1 unspecified atom stereocenters. The summed E-state index contributed by atoms with van der Waals surface area (Å²) in [5.74, 6) is 1.25. The van der Waals surface area contributed by atoms with E-state index in [1.807, 2.05) is 24.3 Å². The Labute approximate surface area is 185 Å². The zero-order valence-corrected chi connectivity index (χ0v) is 19.7. The minimum absolute atomic E-state index is 0. The van der Waals surface area contributed by atoms with Crippen molar-refractivity contribution in [3.05, 3.63) is 29.8 Å². The second-order valence-electron chi connectivity index (χ2n) is 7.15. The lowest BCUT2D eigenvalue weighted by molar-refractivity contribution is -0.114. The van der Waals surface area contributed by atoms with Crippen molar-refractivity contribution in [2.45, 2.75) is 33.4 Å². The lowest BCUT2D eigenvalue weighted by atomic mass is 10.0. The van der Waals surface area contributed by atoms with Gasteiger partial charge in [-0.1, -0.05) is 26.0 Å². The molecule has 3 N–H and O–H groups in total. The number of carbonyl (C=O) groups is 1. The van der Waals surface area contributed by atoms with E-state index in [9.17, 15) is 4.79 Å². The van der Waals surface area contributed by atoms with Gasteiger partial charge in [0.15, 0.2) is 5.96 Å². The molecule has 0 bridgehead atoms. The van der Waals surface area contributed by atoms with Gasteiger partial charge in [0.05, 0.1) is 13.2 Å². The predicted molar refractivity (Wildman–Crippen MR) is 125 cm³/mol. The topological polar surface area (TPSA) is 78.0 Å². The van der Waals surface area contributed by atoms with E-state index < -0.39 is 0 Å². The number of hydrogen-bond acceptors (Lipinski definition) is 4. The number of amides is 1. The third kappa shape index (κ3) is 8.32. The number of carbonyl (C=O) groups excluding carboxylic acids is 1. The molecule has 1 amide bonds. The van der Waals surface area contributed by atoms with Crippen molar-refractivity contribution >= 4 is 41.5 Å². The highest BCUT2D eigenvalue weighted by atomic mass is 127. The van der Waals surface area contributed by atoms with E-state index >= 15 is 0 Å². The van der Waals surface area contributed by atoms with Crippen LogP contribution in [-0.2, 0) is 16.1 Å². The third-order valence-corrected chi connectivity index (χ3v) is 4.69.